The molecule has 0 radical (unpaired) electrons. The van der Waals surface area contributed by atoms with Crippen LogP contribution < -0.4 is 4.90 Å². The molecule has 1 saturated heterocycles. The molecule has 1 aliphatic carbocycles. The molecule has 1 aromatic rings. The Kier molecular flexibility index (Phi) is 5.40. The lowest BCUT2D eigenvalue weighted by molar-refractivity contribution is 0.312. The third-order valence-corrected chi connectivity index (χ3v) is 4.42. The summed E-state index contributed by atoms with van der Waals surface area (Å²) >= 11 is 0. The van der Waals surface area contributed by atoms with Gasteiger partial charge in [0, 0.05) is 37.4 Å². The van der Waals surface area contributed by atoms with Gasteiger partial charge in [0.05, 0.1) is 0 Å². The summed E-state index contributed by atoms with van der Waals surface area (Å²) in [6, 6.07) is 0. The van der Waals surface area contributed by atoms with Gasteiger partial charge in [-0.2, -0.15) is 0 Å². The molecule has 21 heavy (non-hydrogen) atoms. The van der Waals surface area contributed by atoms with Gasteiger partial charge in [-0.25, -0.2) is 4.98 Å². The number of rotatable bonds is 2. The number of allylic oxidation sites excluding steroid dienone is 1. The Morgan fingerprint density at radius 2 is 1.81 bits per heavy atom. The van der Waals surface area contributed by atoms with Crippen LogP contribution in [0.15, 0.2) is 6.08 Å². The zero-order valence-electron chi connectivity index (χ0n) is 14.2. The van der Waals surface area contributed by atoms with Gasteiger partial charge >= 0.3 is 0 Å². The van der Waals surface area contributed by atoms with E-state index in [1.54, 1.807) is 0 Å². The van der Waals surface area contributed by atoms with Crippen LogP contribution in [0.5, 0.6) is 0 Å². The topological polar surface area (TPSA) is 19.4 Å². The predicted molar refractivity (Wildman–Crippen MR) is 92.1 cm³/mol. The fraction of sp³-hybridized carbons (Fsp3) is 0.611. The van der Waals surface area contributed by atoms with Crippen molar-refractivity contribution in [3.05, 3.63) is 28.5 Å². The maximum absolute atomic E-state index is 4.98. The van der Waals surface area contributed by atoms with Crippen LogP contribution in [0.1, 0.15) is 43.2 Å². The van der Waals surface area contributed by atoms with Gasteiger partial charge in [-0.3, -0.25) is 0 Å². The summed E-state index contributed by atoms with van der Waals surface area (Å²) in [7, 11) is 2.20. The van der Waals surface area contributed by atoms with E-state index >= 15 is 0 Å². The van der Waals surface area contributed by atoms with Crippen molar-refractivity contribution in [3.63, 3.8) is 0 Å². The standard InChI is InChI=1S/C16H23N3.C2H6/c1-4-15-12(2)13-6-5-7-14(13)16(17-15)19-10-8-18(3)9-11-19;1-2/h5-6H,4,7-11H2,1-3H3;1-2H3. The normalized spacial score (nSPS) is 17.5. The van der Waals surface area contributed by atoms with Crippen LogP contribution in [0, 0.1) is 6.92 Å². The highest BCUT2D eigenvalue weighted by Gasteiger charge is 2.23. The average molecular weight is 287 g/mol. The highest BCUT2D eigenvalue weighted by atomic mass is 15.3. The highest BCUT2D eigenvalue weighted by molar-refractivity contribution is 5.71. The van der Waals surface area contributed by atoms with E-state index in [2.05, 4.69) is 42.8 Å². The second-order valence-corrected chi connectivity index (χ2v) is 5.65. The van der Waals surface area contributed by atoms with Crippen molar-refractivity contribution in [1.82, 2.24) is 9.88 Å². The molecular formula is C18H29N3. The molecule has 116 valence electrons. The smallest absolute Gasteiger partial charge is 0.133 e. The van der Waals surface area contributed by atoms with Crippen LogP contribution in [0.3, 0.4) is 0 Å². The van der Waals surface area contributed by atoms with Crippen LogP contribution in [0.25, 0.3) is 6.08 Å². The van der Waals surface area contributed by atoms with E-state index in [1.807, 2.05) is 13.8 Å². The van der Waals surface area contributed by atoms with Crippen molar-refractivity contribution in [3.8, 4) is 0 Å². The van der Waals surface area contributed by atoms with Gasteiger partial charge in [0.25, 0.3) is 0 Å². The van der Waals surface area contributed by atoms with Crippen molar-refractivity contribution < 1.29 is 0 Å². The lowest BCUT2D eigenvalue weighted by Gasteiger charge is -2.34. The summed E-state index contributed by atoms with van der Waals surface area (Å²) < 4.78 is 0. The summed E-state index contributed by atoms with van der Waals surface area (Å²) in [5.74, 6) is 1.25. The Balaban J connectivity index is 0.000000774. The molecule has 1 fully saturated rings. The fourth-order valence-corrected chi connectivity index (χ4v) is 3.13. The molecule has 0 unspecified atom stereocenters. The van der Waals surface area contributed by atoms with E-state index in [4.69, 9.17) is 4.98 Å². The van der Waals surface area contributed by atoms with E-state index in [9.17, 15) is 0 Å². The summed E-state index contributed by atoms with van der Waals surface area (Å²) in [4.78, 5) is 9.85. The summed E-state index contributed by atoms with van der Waals surface area (Å²) in [6.07, 6.45) is 6.63. The molecule has 2 heterocycles. The minimum atomic E-state index is 1.02. The lowest BCUT2D eigenvalue weighted by atomic mass is 10.0. The third kappa shape index (κ3) is 3.13. The molecule has 3 heteroatoms. The Morgan fingerprint density at radius 1 is 1.14 bits per heavy atom. The zero-order valence-corrected chi connectivity index (χ0v) is 14.2. The largest absolute Gasteiger partial charge is 0.354 e. The summed E-state index contributed by atoms with van der Waals surface area (Å²) in [5.41, 5.74) is 5.52. The quantitative estimate of drug-likeness (QED) is 0.832. The zero-order chi connectivity index (χ0) is 15.4. The maximum atomic E-state index is 4.98. The average Bonchev–Trinajstić information content (AvgIpc) is 3.01. The van der Waals surface area contributed by atoms with Gasteiger partial charge in [0.2, 0.25) is 0 Å². The summed E-state index contributed by atoms with van der Waals surface area (Å²) in [5, 5.41) is 0. The first kappa shape index (κ1) is 16.0. The molecule has 3 nitrogen and oxygen atoms in total. The molecule has 0 saturated carbocycles. The predicted octanol–water partition coefficient (Wildman–Crippen LogP) is 3.30. The number of piperazine rings is 1. The molecule has 0 aromatic carbocycles. The van der Waals surface area contributed by atoms with Gasteiger partial charge in [-0.05, 0) is 37.9 Å². The van der Waals surface area contributed by atoms with Gasteiger partial charge < -0.3 is 9.80 Å². The lowest BCUT2D eigenvalue weighted by Crippen LogP contribution is -2.45. The van der Waals surface area contributed by atoms with Crippen LogP contribution >= 0.6 is 0 Å². The Bertz CT molecular complexity index is 512. The fourth-order valence-electron chi connectivity index (χ4n) is 3.13. The van der Waals surface area contributed by atoms with Crippen LogP contribution in [0.4, 0.5) is 5.82 Å². The number of anilines is 1. The van der Waals surface area contributed by atoms with Crippen molar-refractivity contribution in [2.24, 2.45) is 0 Å². The maximum Gasteiger partial charge on any atom is 0.133 e. The molecule has 0 spiro atoms. The Morgan fingerprint density at radius 3 is 2.43 bits per heavy atom. The third-order valence-electron chi connectivity index (χ3n) is 4.42. The van der Waals surface area contributed by atoms with E-state index in [-0.39, 0.29) is 0 Å². The van der Waals surface area contributed by atoms with Gasteiger partial charge in [0.1, 0.15) is 5.82 Å². The number of pyridine rings is 1. The Hall–Kier alpha value is -1.35. The first-order valence-corrected chi connectivity index (χ1v) is 8.33. The van der Waals surface area contributed by atoms with E-state index < -0.39 is 0 Å². The highest BCUT2D eigenvalue weighted by Crippen LogP contribution is 2.32. The van der Waals surface area contributed by atoms with Gasteiger partial charge in [-0.1, -0.05) is 32.9 Å². The molecular weight excluding hydrogens is 258 g/mol. The number of likely N-dealkylation sites (N-methyl/N-ethyl adjacent to an activating group) is 1. The minimum absolute atomic E-state index is 1.02. The van der Waals surface area contributed by atoms with Crippen LogP contribution in [-0.4, -0.2) is 43.1 Å². The number of hydrogen-bond acceptors (Lipinski definition) is 3. The van der Waals surface area contributed by atoms with Crippen molar-refractivity contribution >= 4 is 11.9 Å². The Labute approximate surface area is 129 Å². The molecule has 0 bridgehead atoms. The molecule has 0 N–H and O–H groups in total. The molecule has 2 aliphatic rings. The molecule has 0 amide bonds. The van der Waals surface area contributed by atoms with Gasteiger partial charge in [-0.15, -0.1) is 0 Å². The van der Waals surface area contributed by atoms with E-state index in [1.165, 1.54) is 28.2 Å². The SMILES string of the molecule is CC.CCc1nc(N2CCN(C)CC2)c2c(c1C)C=CC2. The van der Waals surface area contributed by atoms with Crippen LogP contribution in [-0.2, 0) is 12.8 Å². The second kappa shape index (κ2) is 7.08. The van der Waals surface area contributed by atoms with Crippen molar-refractivity contribution in [2.75, 3.05) is 38.1 Å². The molecule has 1 aliphatic heterocycles. The number of nitrogens with zero attached hydrogens (tertiary/aromatic N) is 3. The first-order valence-electron chi connectivity index (χ1n) is 8.33. The van der Waals surface area contributed by atoms with Crippen molar-refractivity contribution in [2.45, 2.75) is 40.5 Å². The number of fused-ring (bicyclic) bond motifs is 1. The molecule has 0 atom stereocenters. The monoisotopic (exact) mass is 287 g/mol. The van der Waals surface area contributed by atoms with Crippen LogP contribution in [0.2, 0.25) is 0 Å². The second-order valence-electron chi connectivity index (χ2n) is 5.65. The summed E-state index contributed by atoms with van der Waals surface area (Å²) in [6.45, 7) is 12.9. The van der Waals surface area contributed by atoms with E-state index in [0.717, 1.165) is 39.0 Å². The first-order chi connectivity index (χ1) is 10.2. The molecule has 3 rings (SSSR count). The van der Waals surface area contributed by atoms with Crippen molar-refractivity contribution in [1.29, 1.82) is 0 Å². The van der Waals surface area contributed by atoms with Gasteiger partial charge in [0.15, 0.2) is 0 Å². The molecule has 1 aromatic heterocycles. The van der Waals surface area contributed by atoms with E-state index in [0.29, 0.717) is 0 Å². The minimum Gasteiger partial charge on any atom is -0.354 e. The number of hydrogen-bond donors (Lipinski definition) is 0. The number of aromatic nitrogens is 1. The number of aryl methyl sites for hydroxylation is 1.